The van der Waals surface area contributed by atoms with Gasteiger partial charge in [-0.25, -0.2) is 27.6 Å². The van der Waals surface area contributed by atoms with Crippen molar-refractivity contribution < 1.29 is 99.2 Å². The van der Waals surface area contributed by atoms with Gasteiger partial charge in [0.2, 0.25) is 5.76 Å². The molecule has 0 aromatic rings. The fourth-order valence-corrected chi connectivity index (χ4v) is 2.96. The van der Waals surface area contributed by atoms with E-state index in [1.165, 1.54) is 0 Å². The van der Waals surface area contributed by atoms with Gasteiger partial charge in [-0.2, -0.15) is 52.7 Å². The number of ether oxygens (including phenoxy) is 4. The second kappa shape index (κ2) is 14.5. The SMILES string of the molecule is C=CC(=O)OCC(COC(=O)C=C)(COC(=O)C=C)CO/C(=C(/C(F)(CF)C(F)(F)F)C(F)(C(F)(F)F)C(F)(F)F)C(F)(F)F. The third-order valence-electron chi connectivity index (χ3n) is 5.22. The minimum Gasteiger partial charge on any atom is -0.488 e. The fraction of sp³-hybridized carbons (Fsp3) is 0.522. The van der Waals surface area contributed by atoms with E-state index in [0.717, 1.165) is 0 Å². The molecule has 0 bridgehead atoms. The highest BCUT2D eigenvalue weighted by atomic mass is 19.4. The molecule has 0 N–H and O–H groups in total. The molecule has 0 radical (unpaired) electrons. The Bertz CT molecular complexity index is 1080. The Labute approximate surface area is 241 Å². The van der Waals surface area contributed by atoms with Gasteiger partial charge in [-0.15, -0.1) is 0 Å². The molecule has 0 aliphatic carbocycles. The summed E-state index contributed by atoms with van der Waals surface area (Å²) in [5, 5.41) is 0. The van der Waals surface area contributed by atoms with Crippen molar-refractivity contribution in [2.75, 3.05) is 33.1 Å². The number of hydrogen-bond donors (Lipinski definition) is 0. The molecule has 0 heterocycles. The van der Waals surface area contributed by atoms with Crippen molar-refractivity contribution in [3.8, 4) is 0 Å². The maximum absolute atomic E-state index is 14.9. The number of carbonyl (C=O) groups excluding carboxylic acids is 3. The molecule has 0 amide bonds. The summed E-state index contributed by atoms with van der Waals surface area (Å²) in [4.78, 5) is 34.7. The zero-order chi connectivity index (χ0) is 35.9. The van der Waals surface area contributed by atoms with Crippen LogP contribution in [0.2, 0.25) is 0 Å². The van der Waals surface area contributed by atoms with Crippen molar-refractivity contribution in [1.29, 1.82) is 0 Å². The zero-order valence-electron chi connectivity index (χ0n) is 21.9. The molecule has 22 heteroatoms. The smallest absolute Gasteiger partial charge is 0.449 e. The van der Waals surface area contributed by atoms with E-state index in [1.807, 2.05) is 0 Å². The second-order valence-corrected chi connectivity index (χ2v) is 8.51. The van der Waals surface area contributed by atoms with E-state index in [4.69, 9.17) is 0 Å². The highest BCUT2D eigenvalue weighted by Gasteiger charge is 2.82. The lowest BCUT2D eigenvalue weighted by Gasteiger charge is -2.40. The predicted molar refractivity (Wildman–Crippen MR) is 117 cm³/mol. The molecule has 0 aliphatic heterocycles. The number of esters is 3. The minimum atomic E-state index is -7.94. The Morgan fingerprint density at radius 3 is 1.07 bits per heavy atom. The van der Waals surface area contributed by atoms with Crippen LogP contribution in [0.25, 0.3) is 0 Å². The minimum absolute atomic E-state index is 0.350. The molecule has 258 valence electrons. The van der Waals surface area contributed by atoms with E-state index >= 15 is 0 Å². The van der Waals surface area contributed by atoms with Crippen LogP contribution in [0.4, 0.5) is 65.9 Å². The molecule has 1 unspecified atom stereocenters. The van der Waals surface area contributed by atoms with Gasteiger partial charge in [0.05, 0.1) is 5.57 Å². The first-order valence-corrected chi connectivity index (χ1v) is 11.1. The molecule has 1 atom stereocenters. The van der Waals surface area contributed by atoms with Crippen LogP contribution in [0.5, 0.6) is 0 Å². The topological polar surface area (TPSA) is 88.1 Å². The quantitative estimate of drug-likeness (QED) is 0.0678. The predicted octanol–water partition coefficient (Wildman–Crippen LogP) is 6.07. The van der Waals surface area contributed by atoms with Crippen molar-refractivity contribution in [1.82, 2.24) is 0 Å². The van der Waals surface area contributed by atoms with Crippen LogP contribution in [-0.2, 0) is 33.3 Å². The van der Waals surface area contributed by atoms with Crippen LogP contribution in [0.3, 0.4) is 0 Å². The molecule has 0 aliphatic rings. The van der Waals surface area contributed by atoms with Crippen molar-refractivity contribution >= 4 is 17.9 Å². The molecule has 0 aromatic heterocycles. The van der Waals surface area contributed by atoms with Gasteiger partial charge in [-0.3, -0.25) is 0 Å². The van der Waals surface area contributed by atoms with Crippen LogP contribution in [-0.4, -0.2) is 87.1 Å². The standard InChI is InChI=1S/C23H19F15O7/c1-4-12(39)42-8-17(9-43-13(40)5-2,10-44-14(41)6-3)11-45-16(20(27,28)29)15(18(25,7-24)21(30,31)32)19(26,22(33,34)35)23(36,37)38/h4-6H,1-3,7-11H2/b16-15-. The average molecular weight is 692 g/mol. The van der Waals surface area contributed by atoms with Crippen LogP contribution >= 0.6 is 0 Å². The fourth-order valence-electron chi connectivity index (χ4n) is 2.96. The molecule has 0 spiro atoms. The summed E-state index contributed by atoms with van der Waals surface area (Å²) in [6, 6.07) is 0. The summed E-state index contributed by atoms with van der Waals surface area (Å²) in [6.07, 6.45) is -29.3. The van der Waals surface area contributed by atoms with Gasteiger partial charge in [-0.05, 0) is 0 Å². The number of carbonyl (C=O) groups is 3. The first-order valence-electron chi connectivity index (χ1n) is 11.1. The van der Waals surface area contributed by atoms with Gasteiger partial charge in [0.25, 0.3) is 5.67 Å². The Morgan fingerprint density at radius 1 is 0.533 bits per heavy atom. The van der Waals surface area contributed by atoms with E-state index in [1.54, 1.807) is 0 Å². The van der Waals surface area contributed by atoms with Crippen LogP contribution in [0.15, 0.2) is 49.3 Å². The molecular formula is C23H19F15O7. The summed E-state index contributed by atoms with van der Waals surface area (Å²) >= 11 is 0. The first kappa shape index (κ1) is 41.1. The molecule has 7 nitrogen and oxygen atoms in total. The molecule has 0 aromatic carbocycles. The van der Waals surface area contributed by atoms with Crippen LogP contribution in [0.1, 0.15) is 0 Å². The molecule has 45 heavy (non-hydrogen) atoms. The highest BCUT2D eigenvalue weighted by Crippen LogP contribution is 2.59. The average Bonchev–Trinajstić information content (AvgIpc) is 2.91. The van der Waals surface area contributed by atoms with E-state index < -0.39 is 104 Å². The van der Waals surface area contributed by atoms with Crippen molar-refractivity contribution in [2.24, 2.45) is 5.41 Å². The van der Waals surface area contributed by atoms with Crippen LogP contribution in [0, 0.1) is 5.41 Å². The summed E-state index contributed by atoms with van der Waals surface area (Å²) in [6.45, 7) is -2.52. The summed E-state index contributed by atoms with van der Waals surface area (Å²) in [7, 11) is 0. The number of allylic oxidation sites excluding steroid dienone is 2. The second-order valence-electron chi connectivity index (χ2n) is 8.51. The Balaban J connectivity index is 8.00. The van der Waals surface area contributed by atoms with E-state index in [-0.39, 0.29) is 0 Å². The Morgan fingerprint density at radius 2 is 0.844 bits per heavy atom. The summed E-state index contributed by atoms with van der Waals surface area (Å²) < 4.78 is 224. The van der Waals surface area contributed by atoms with Gasteiger partial charge in [0.15, 0.2) is 0 Å². The van der Waals surface area contributed by atoms with Crippen molar-refractivity contribution in [3.63, 3.8) is 0 Å². The third-order valence-corrected chi connectivity index (χ3v) is 5.22. The molecule has 0 saturated heterocycles. The summed E-state index contributed by atoms with van der Waals surface area (Å²) in [5.41, 5.74) is -22.9. The number of rotatable bonds is 15. The van der Waals surface area contributed by atoms with Crippen molar-refractivity contribution in [3.05, 3.63) is 49.3 Å². The van der Waals surface area contributed by atoms with Gasteiger partial charge >= 0.3 is 48.3 Å². The number of halogens is 15. The van der Waals surface area contributed by atoms with Crippen molar-refractivity contribution in [2.45, 2.75) is 36.0 Å². The lowest BCUT2D eigenvalue weighted by Crippen LogP contribution is -2.63. The highest BCUT2D eigenvalue weighted by molar-refractivity contribution is 5.82. The maximum Gasteiger partial charge on any atom is 0.449 e. The largest absolute Gasteiger partial charge is 0.488 e. The molecule has 0 saturated carbocycles. The Kier molecular flexibility index (Phi) is 13.2. The van der Waals surface area contributed by atoms with E-state index in [2.05, 4.69) is 38.7 Å². The number of hydrogen-bond acceptors (Lipinski definition) is 7. The monoisotopic (exact) mass is 692 g/mol. The van der Waals surface area contributed by atoms with Crippen LogP contribution < -0.4 is 0 Å². The normalized spacial score (nSPS) is 15.2. The lowest BCUT2D eigenvalue weighted by atomic mass is 9.80. The van der Waals surface area contributed by atoms with Gasteiger partial charge in [0, 0.05) is 18.2 Å². The van der Waals surface area contributed by atoms with Gasteiger partial charge in [0.1, 0.15) is 38.5 Å². The summed E-state index contributed by atoms with van der Waals surface area (Å²) in [5.74, 6) is -8.87. The van der Waals surface area contributed by atoms with Gasteiger partial charge < -0.3 is 18.9 Å². The van der Waals surface area contributed by atoms with Gasteiger partial charge in [-0.1, -0.05) is 19.7 Å². The molecule has 0 fully saturated rings. The first-order chi connectivity index (χ1) is 20.1. The van der Waals surface area contributed by atoms with E-state index in [0.29, 0.717) is 18.2 Å². The number of alkyl halides is 15. The Hall–Kier alpha value is -3.88. The maximum atomic E-state index is 14.9. The molecule has 0 rings (SSSR count). The lowest BCUT2D eigenvalue weighted by molar-refractivity contribution is -0.340. The zero-order valence-corrected chi connectivity index (χ0v) is 21.9. The third kappa shape index (κ3) is 9.55. The van der Waals surface area contributed by atoms with E-state index in [9.17, 15) is 80.2 Å². The molecular weight excluding hydrogens is 673 g/mol.